The van der Waals surface area contributed by atoms with Crippen LogP contribution in [-0.4, -0.2) is 36.3 Å². The molecule has 1 saturated heterocycles. The minimum atomic E-state index is 0.518. The lowest BCUT2D eigenvalue weighted by Crippen LogP contribution is -2.36. The van der Waals surface area contributed by atoms with Crippen molar-refractivity contribution in [3.8, 4) is 0 Å². The van der Waals surface area contributed by atoms with E-state index < -0.39 is 0 Å². The van der Waals surface area contributed by atoms with Gasteiger partial charge in [-0.15, -0.1) is 0 Å². The van der Waals surface area contributed by atoms with E-state index in [0.29, 0.717) is 6.04 Å². The maximum absolute atomic E-state index is 5.43. The second-order valence-corrected chi connectivity index (χ2v) is 5.72. The van der Waals surface area contributed by atoms with Gasteiger partial charge in [0.15, 0.2) is 0 Å². The van der Waals surface area contributed by atoms with E-state index in [0.717, 1.165) is 47.2 Å². The molecular formula is C14H16BrN3O. The molecule has 1 fully saturated rings. The van der Waals surface area contributed by atoms with Crippen LogP contribution in [0, 0.1) is 0 Å². The Bertz CT molecular complexity index is 584. The zero-order valence-electron chi connectivity index (χ0n) is 10.8. The first-order valence-electron chi connectivity index (χ1n) is 6.46. The van der Waals surface area contributed by atoms with Gasteiger partial charge in [0.2, 0.25) is 0 Å². The standard InChI is InChI=1S/C14H16BrN3O/c1-18(11-3-6-19-7-4-11)13-2-5-16-12-8-10(15)9-17-14(12)13/h2,5,8-9,11H,3-4,6-7H2,1H3. The van der Waals surface area contributed by atoms with Gasteiger partial charge in [-0.3, -0.25) is 9.97 Å². The Kier molecular flexibility index (Phi) is 3.66. The summed E-state index contributed by atoms with van der Waals surface area (Å²) < 4.78 is 6.38. The summed E-state index contributed by atoms with van der Waals surface area (Å²) in [5.41, 5.74) is 3.02. The molecule has 0 aromatic carbocycles. The number of ether oxygens (including phenoxy) is 1. The molecule has 0 unspecified atom stereocenters. The van der Waals surface area contributed by atoms with Crippen molar-refractivity contribution >= 4 is 32.7 Å². The van der Waals surface area contributed by atoms with Gasteiger partial charge in [0.1, 0.15) is 5.52 Å². The highest BCUT2D eigenvalue weighted by Gasteiger charge is 2.20. The normalized spacial score (nSPS) is 16.7. The topological polar surface area (TPSA) is 38.2 Å². The van der Waals surface area contributed by atoms with Gasteiger partial charge in [-0.05, 0) is 40.9 Å². The zero-order chi connectivity index (χ0) is 13.2. The maximum Gasteiger partial charge on any atom is 0.112 e. The lowest BCUT2D eigenvalue weighted by Gasteiger charge is -2.33. The number of fused-ring (bicyclic) bond motifs is 1. The van der Waals surface area contributed by atoms with E-state index in [1.807, 2.05) is 24.5 Å². The molecule has 100 valence electrons. The molecule has 4 nitrogen and oxygen atoms in total. The molecule has 3 rings (SSSR count). The van der Waals surface area contributed by atoms with Crippen molar-refractivity contribution in [3.05, 3.63) is 29.0 Å². The summed E-state index contributed by atoms with van der Waals surface area (Å²) in [5, 5.41) is 0. The first kappa shape index (κ1) is 12.8. The Morgan fingerprint density at radius 2 is 2.11 bits per heavy atom. The number of halogens is 1. The second-order valence-electron chi connectivity index (χ2n) is 4.81. The van der Waals surface area contributed by atoms with Crippen molar-refractivity contribution < 1.29 is 4.74 Å². The fourth-order valence-electron chi connectivity index (χ4n) is 2.55. The molecule has 3 heterocycles. The van der Waals surface area contributed by atoms with Gasteiger partial charge in [0, 0.05) is 43.2 Å². The average Bonchev–Trinajstić information content (AvgIpc) is 2.46. The number of pyridine rings is 2. The molecule has 0 spiro atoms. The van der Waals surface area contributed by atoms with Gasteiger partial charge in [0.05, 0.1) is 11.2 Å². The largest absolute Gasteiger partial charge is 0.381 e. The van der Waals surface area contributed by atoms with Crippen molar-refractivity contribution in [3.63, 3.8) is 0 Å². The van der Waals surface area contributed by atoms with Crippen molar-refractivity contribution in [2.45, 2.75) is 18.9 Å². The SMILES string of the molecule is CN(c1ccnc2cc(Br)cnc12)C1CCOCC1. The molecule has 2 aromatic heterocycles. The van der Waals surface area contributed by atoms with Crippen LogP contribution in [-0.2, 0) is 4.74 Å². The van der Waals surface area contributed by atoms with Crippen molar-refractivity contribution in [2.24, 2.45) is 0 Å². The Morgan fingerprint density at radius 3 is 2.89 bits per heavy atom. The first-order valence-corrected chi connectivity index (χ1v) is 7.26. The molecule has 1 aliphatic rings. The predicted octanol–water partition coefficient (Wildman–Crippen LogP) is 3.01. The molecule has 5 heteroatoms. The molecule has 19 heavy (non-hydrogen) atoms. The van der Waals surface area contributed by atoms with E-state index in [9.17, 15) is 0 Å². The number of anilines is 1. The van der Waals surface area contributed by atoms with Crippen LogP contribution in [0.5, 0.6) is 0 Å². The summed E-state index contributed by atoms with van der Waals surface area (Å²) in [7, 11) is 2.13. The Morgan fingerprint density at radius 1 is 1.32 bits per heavy atom. The van der Waals surface area contributed by atoms with Gasteiger partial charge < -0.3 is 9.64 Å². The smallest absolute Gasteiger partial charge is 0.112 e. The quantitative estimate of drug-likeness (QED) is 0.852. The monoisotopic (exact) mass is 321 g/mol. The minimum absolute atomic E-state index is 0.518. The second kappa shape index (κ2) is 5.43. The van der Waals surface area contributed by atoms with Gasteiger partial charge in [0.25, 0.3) is 0 Å². The molecular weight excluding hydrogens is 306 g/mol. The van der Waals surface area contributed by atoms with Crippen LogP contribution in [0.1, 0.15) is 12.8 Å². The highest BCUT2D eigenvalue weighted by atomic mass is 79.9. The van der Waals surface area contributed by atoms with E-state index in [2.05, 4.69) is 37.8 Å². The van der Waals surface area contributed by atoms with E-state index in [4.69, 9.17) is 4.74 Å². The highest BCUT2D eigenvalue weighted by molar-refractivity contribution is 9.10. The summed E-state index contributed by atoms with van der Waals surface area (Å²) in [6, 6.07) is 4.56. The van der Waals surface area contributed by atoms with Crippen LogP contribution in [0.2, 0.25) is 0 Å². The minimum Gasteiger partial charge on any atom is -0.381 e. The summed E-state index contributed by atoms with van der Waals surface area (Å²) in [4.78, 5) is 11.2. The van der Waals surface area contributed by atoms with Gasteiger partial charge >= 0.3 is 0 Å². The van der Waals surface area contributed by atoms with Gasteiger partial charge in [-0.25, -0.2) is 0 Å². The lowest BCUT2D eigenvalue weighted by atomic mass is 10.1. The van der Waals surface area contributed by atoms with Crippen LogP contribution in [0.25, 0.3) is 11.0 Å². The van der Waals surface area contributed by atoms with E-state index in [1.54, 1.807) is 0 Å². The highest BCUT2D eigenvalue weighted by Crippen LogP contribution is 2.28. The van der Waals surface area contributed by atoms with Crippen LogP contribution in [0.4, 0.5) is 5.69 Å². The van der Waals surface area contributed by atoms with Crippen molar-refractivity contribution in [2.75, 3.05) is 25.2 Å². The summed E-state index contributed by atoms with van der Waals surface area (Å²) in [5.74, 6) is 0. The third-order valence-electron chi connectivity index (χ3n) is 3.64. The molecule has 1 aliphatic heterocycles. The summed E-state index contributed by atoms with van der Waals surface area (Å²) >= 11 is 3.44. The molecule has 0 bridgehead atoms. The average molecular weight is 322 g/mol. The molecule has 0 saturated carbocycles. The van der Waals surface area contributed by atoms with Crippen molar-refractivity contribution in [1.82, 2.24) is 9.97 Å². The number of hydrogen-bond acceptors (Lipinski definition) is 4. The fourth-order valence-corrected chi connectivity index (χ4v) is 2.86. The number of rotatable bonds is 2. The van der Waals surface area contributed by atoms with E-state index in [-0.39, 0.29) is 0 Å². The van der Waals surface area contributed by atoms with E-state index in [1.165, 1.54) is 0 Å². The van der Waals surface area contributed by atoms with Gasteiger partial charge in [-0.2, -0.15) is 0 Å². The third-order valence-corrected chi connectivity index (χ3v) is 4.08. The number of nitrogens with zero attached hydrogens (tertiary/aromatic N) is 3. The van der Waals surface area contributed by atoms with Crippen LogP contribution < -0.4 is 4.90 Å². The maximum atomic E-state index is 5.43. The molecule has 2 aromatic rings. The van der Waals surface area contributed by atoms with Crippen LogP contribution in [0.3, 0.4) is 0 Å². The Hall–Kier alpha value is -1.20. The molecule has 0 atom stereocenters. The van der Waals surface area contributed by atoms with Crippen molar-refractivity contribution in [1.29, 1.82) is 0 Å². The van der Waals surface area contributed by atoms with Crippen LogP contribution >= 0.6 is 15.9 Å². The summed E-state index contributed by atoms with van der Waals surface area (Å²) in [6.07, 6.45) is 5.81. The summed E-state index contributed by atoms with van der Waals surface area (Å²) in [6.45, 7) is 1.69. The van der Waals surface area contributed by atoms with Crippen LogP contribution in [0.15, 0.2) is 29.0 Å². The lowest BCUT2D eigenvalue weighted by molar-refractivity contribution is 0.0855. The first-order chi connectivity index (χ1) is 9.25. The number of aromatic nitrogens is 2. The molecule has 0 N–H and O–H groups in total. The third kappa shape index (κ3) is 2.58. The Balaban J connectivity index is 1.99. The van der Waals surface area contributed by atoms with E-state index >= 15 is 0 Å². The predicted molar refractivity (Wildman–Crippen MR) is 79.5 cm³/mol. The Labute approximate surface area is 120 Å². The molecule has 0 amide bonds. The number of hydrogen-bond donors (Lipinski definition) is 0. The molecule has 0 radical (unpaired) electrons. The fraction of sp³-hybridized carbons (Fsp3) is 0.429. The zero-order valence-corrected chi connectivity index (χ0v) is 12.4. The van der Waals surface area contributed by atoms with Gasteiger partial charge in [-0.1, -0.05) is 0 Å². The molecule has 0 aliphatic carbocycles.